The van der Waals surface area contributed by atoms with Gasteiger partial charge in [-0.15, -0.1) is 0 Å². The van der Waals surface area contributed by atoms with Gasteiger partial charge in [-0.2, -0.15) is 0 Å². The molecule has 0 bridgehead atoms. The second-order valence-corrected chi connectivity index (χ2v) is 6.21. The lowest BCUT2D eigenvalue weighted by Gasteiger charge is -2.19. The van der Waals surface area contributed by atoms with Crippen LogP contribution in [-0.4, -0.2) is 31.6 Å². The van der Waals surface area contributed by atoms with Crippen LogP contribution in [0.1, 0.15) is 44.7 Å². The summed E-state index contributed by atoms with van der Waals surface area (Å²) in [7, 11) is 2.23. The molecule has 1 N–H and O–H groups in total. The molecular formula is C18H32N2. The minimum Gasteiger partial charge on any atom is -0.316 e. The van der Waals surface area contributed by atoms with Gasteiger partial charge in [0.15, 0.2) is 0 Å². The first kappa shape index (κ1) is 17.2. The fourth-order valence-corrected chi connectivity index (χ4v) is 2.37. The zero-order valence-corrected chi connectivity index (χ0v) is 13.8. The largest absolute Gasteiger partial charge is 0.316 e. The lowest BCUT2D eigenvalue weighted by molar-refractivity contribution is 0.320. The van der Waals surface area contributed by atoms with Gasteiger partial charge in [-0.3, -0.25) is 0 Å². The van der Waals surface area contributed by atoms with Crippen molar-refractivity contribution in [3.05, 3.63) is 35.4 Å². The van der Waals surface area contributed by atoms with Crippen LogP contribution in [0, 0.1) is 5.92 Å². The molecule has 114 valence electrons. The van der Waals surface area contributed by atoms with Crippen LogP contribution in [0.2, 0.25) is 0 Å². The molecule has 0 saturated heterocycles. The van der Waals surface area contributed by atoms with Crippen LogP contribution in [0.25, 0.3) is 0 Å². The lowest BCUT2D eigenvalue weighted by atomic mass is 10.0. The van der Waals surface area contributed by atoms with Crippen molar-refractivity contribution in [2.75, 3.05) is 26.7 Å². The normalized spacial score (nSPS) is 11.5. The molecule has 2 heteroatoms. The Morgan fingerprint density at radius 2 is 1.85 bits per heavy atom. The Hall–Kier alpha value is -0.860. The van der Waals surface area contributed by atoms with Crippen molar-refractivity contribution in [2.45, 2.75) is 46.6 Å². The third-order valence-corrected chi connectivity index (χ3v) is 3.58. The van der Waals surface area contributed by atoms with Crippen LogP contribution in [0.15, 0.2) is 24.3 Å². The summed E-state index contributed by atoms with van der Waals surface area (Å²) in [5, 5.41) is 3.53. The molecule has 0 amide bonds. The third-order valence-electron chi connectivity index (χ3n) is 3.58. The summed E-state index contributed by atoms with van der Waals surface area (Å²) in [5.41, 5.74) is 2.98. The van der Waals surface area contributed by atoms with Gasteiger partial charge in [0.25, 0.3) is 0 Å². The van der Waals surface area contributed by atoms with Crippen LogP contribution in [0.4, 0.5) is 0 Å². The van der Waals surface area contributed by atoms with E-state index in [0.29, 0.717) is 0 Å². The molecule has 1 rings (SSSR count). The molecule has 0 radical (unpaired) electrons. The highest BCUT2D eigenvalue weighted by atomic mass is 15.1. The van der Waals surface area contributed by atoms with Crippen molar-refractivity contribution in [1.82, 2.24) is 10.2 Å². The summed E-state index contributed by atoms with van der Waals surface area (Å²) >= 11 is 0. The molecule has 20 heavy (non-hydrogen) atoms. The van der Waals surface area contributed by atoms with Gasteiger partial charge >= 0.3 is 0 Å². The maximum atomic E-state index is 3.53. The van der Waals surface area contributed by atoms with Gasteiger partial charge in [-0.1, -0.05) is 51.5 Å². The van der Waals surface area contributed by atoms with E-state index >= 15 is 0 Å². The van der Waals surface area contributed by atoms with Crippen LogP contribution in [0.5, 0.6) is 0 Å². The Labute approximate surface area is 125 Å². The van der Waals surface area contributed by atoms with E-state index in [1.807, 2.05) is 0 Å². The second-order valence-electron chi connectivity index (χ2n) is 6.21. The van der Waals surface area contributed by atoms with Crippen molar-refractivity contribution >= 4 is 0 Å². The smallest absolute Gasteiger partial charge is 0.0233 e. The number of hydrogen-bond acceptors (Lipinski definition) is 2. The molecule has 0 aliphatic heterocycles. The van der Waals surface area contributed by atoms with Crippen LogP contribution >= 0.6 is 0 Å². The molecule has 0 spiro atoms. The summed E-state index contributed by atoms with van der Waals surface area (Å²) in [6.45, 7) is 11.2. The average Bonchev–Trinajstić information content (AvgIpc) is 2.42. The van der Waals surface area contributed by atoms with Crippen molar-refractivity contribution in [3.63, 3.8) is 0 Å². The highest BCUT2D eigenvalue weighted by Crippen LogP contribution is 2.12. The number of benzene rings is 1. The summed E-state index contributed by atoms with van der Waals surface area (Å²) in [6, 6.07) is 8.88. The first-order valence-corrected chi connectivity index (χ1v) is 8.09. The highest BCUT2D eigenvalue weighted by Gasteiger charge is 2.05. The number of rotatable bonds is 10. The molecule has 0 aliphatic rings. The molecule has 0 unspecified atom stereocenters. The molecule has 0 atom stereocenters. The monoisotopic (exact) mass is 276 g/mol. The van der Waals surface area contributed by atoms with Crippen LogP contribution in [0.3, 0.4) is 0 Å². The molecule has 1 aromatic carbocycles. The van der Waals surface area contributed by atoms with Crippen molar-refractivity contribution in [3.8, 4) is 0 Å². The first-order valence-electron chi connectivity index (χ1n) is 8.09. The van der Waals surface area contributed by atoms with E-state index in [2.05, 4.69) is 62.3 Å². The second kappa shape index (κ2) is 9.95. The highest BCUT2D eigenvalue weighted by molar-refractivity contribution is 5.27. The predicted octanol–water partition coefficient (Wildman–Crippen LogP) is 3.71. The number of hydrogen-bond donors (Lipinski definition) is 1. The molecule has 0 saturated carbocycles. The third kappa shape index (κ3) is 7.06. The van der Waals surface area contributed by atoms with E-state index in [-0.39, 0.29) is 0 Å². The molecule has 1 aromatic rings. The van der Waals surface area contributed by atoms with Gasteiger partial charge < -0.3 is 10.2 Å². The topological polar surface area (TPSA) is 15.3 Å². The summed E-state index contributed by atoms with van der Waals surface area (Å²) < 4.78 is 0. The maximum absolute atomic E-state index is 3.53. The Morgan fingerprint density at radius 1 is 1.15 bits per heavy atom. The van der Waals surface area contributed by atoms with Crippen molar-refractivity contribution < 1.29 is 0 Å². The van der Waals surface area contributed by atoms with E-state index in [0.717, 1.165) is 32.0 Å². The van der Waals surface area contributed by atoms with Crippen molar-refractivity contribution in [2.24, 2.45) is 5.92 Å². The fraction of sp³-hybridized carbons (Fsp3) is 0.667. The van der Waals surface area contributed by atoms with E-state index < -0.39 is 0 Å². The van der Waals surface area contributed by atoms with E-state index in [1.165, 1.54) is 30.5 Å². The summed E-state index contributed by atoms with van der Waals surface area (Å²) in [5.74, 6) is 0.727. The maximum Gasteiger partial charge on any atom is 0.0233 e. The summed E-state index contributed by atoms with van der Waals surface area (Å²) in [4.78, 5) is 2.43. The Kier molecular flexibility index (Phi) is 8.56. The Bertz CT molecular complexity index is 360. The predicted molar refractivity (Wildman–Crippen MR) is 89.1 cm³/mol. The Morgan fingerprint density at radius 3 is 2.50 bits per heavy atom. The summed E-state index contributed by atoms with van der Waals surface area (Å²) in [6.07, 6.45) is 3.68. The van der Waals surface area contributed by atoms with Gasteiger partial charge in [-0.25, -0.2) is 0 Å². The average molecular weight is 276 g/mol. The zero-order valence-electron chi connectivity index (χ0n) is 13.8. The van der Waals surface area contributed by atoms with E-state index in [9.17, 15) is 0 Å². The lowest BCUT2D eigenvalue weighted by Crippen LogP contribution is -2.23. The number of nitrogens with one attached hydrogen (secondary N) is 1. The molecule has 0 heterocycles. The van der Waals surface area contributed by atoms with Crippen molar-refractivity contribution in [1.29, 1.82) is 0 Å². The van der Waals surface area contributed by atoms with E-state index in [1.54, 1.807) is 0 Å². The fourth-order valence-electron chi connectivity index (χ4n) is 2.37. The number of nitrogens with zero attached hydrogens (tertiary/aromatic N) is 1. The van der Waals surface area contributed by atoms with Gasteiger partial charge in [-0.05, 0) is 56.6 Å². The first-order chi connectivity index (χ1) is 9.63. The standard InChI is InChI=1S/C18H32N2/c1-5-6-13-20(4)15-18-10-8-7-9-17(18)11-12-19-14-16(2)3/h7-10,16,19H,5-6,11-15H2,1-4H3. The molecule has 0 fully saturated rings. The van der Waals surface area contributed by atoms with Crippen LogP contribution in [-0.2, 0) is 13.0 Å². The molecule has 0 aliphatic carbocycles. The SMILES string of the molecule is CCCCN(C)Cc1ccccc1CCNCC(C)C. The Balaban J connectivity index is 2.46. The van der Waals surface area contributed by atoms with E-state index in [4.69, 9.17) is 0 Å². The van der Waals surface area contributed by atoms with Gasteiger partial charge in [0, 0.05) is 6.54 Å². The minimum absolute atomic E-state index is 0.727. The molecule has 2 nitrogen and oxygen atoms in total. The zero-order chi connectivity index (χ0) is 14.8. The molecular weight excluding hydrogens is 244 g/mol. The van der Waals surface area contributed by atoms with Crippen LogP contribution < -0.4 is 5.32 Å². The van der Waals surface area contributed by atoms with Gasteiger partial charge in [0.05, 0.1) is 0 Å². The number of unbranched alkanes of at least 4 members (excludes halogenated alkanes) is 1. The quantitative estimate of drug-likeness (QED) is 0.655. The van der Waals surface area contributed by atoms with Gasteiger partial charge in [0.2, 0.25) is 0 Å². The molecule has 0 aromatic heterocycles. The minimum atomic E-state index is 0.727. The van der Waals surface area contributed by atoms with Gasteiger partial charge in [0.1, 0.15) is 0 Å².